The average Bonchev–Trinajstić information content (AvgIpc) is 3.23. The molecule has 1 saturated heterocycles. The van der Waals surface area contributed by atoms with Crippen LogP contribution in [0.1, 0.15) is 43.7 Å². The molecule has 1 saturated carbocycles. The number of ether oxygens (including phenoxy) is 1. The molecule has 0 radical (unpaired) electrons. The Morgan fingerprint density at radius 1 is 1.35 bits per heavy atom. The van der Waals surface area contributed by atoms with Crippen LogP contribution in [0.25, 0.3) is 0 Å². The molecule has 1 amide bonds. The lowest BCUT2D eigenvalue weighted by atomic mass is 9.98. The monoisotopic (exact) mass is 319 g/mol. The molecular weight excluding hydrogens is 297 g/mol. The van der Waals surface area contributed by atoms with Crippen molar-refractivity contribution in [3.05, 3.63) is 29.6 Å². The van der Waals surface area contributed by atoms with Crippen molar-refractivity contribution in [3.8, 4) is 5.75 Å². The Morgan fingerprint density at radius 2 is 2.13 bits per heavy atom. The SMILES string of the molecule is O=C(CC1CCCC1)N1C[C@@H](CO)[C@@H]2Oc3c(F)cccc3[C@@H]21. The number of hydrogen-bond acceptors (Lipinski definition) is 3. The molecule has 23 heavy (non-hydrogen) atoms. The first-order valence-corrected chi connectivity index (χ1v) is 8.54. The van der Waals surface area contributed by atoms with Crippen LogP contribution in [0.2, 0.25) is 0 Å². The number of amides is 1. The van der Waals surface area contributed by atoms with Gasteiger partial charge in [-0.05, 0) is 24.8 Å². The zero-order chi connectivity index (χ0) is 16.0. The summed E-state index contributed by atoms with van der Waals surface area (Å²) in [7, 11) is 0. The number of halogens is 1. The van der Waals surface area contributed by atoms with Gasteiger partial charge in [0.1, 0.15) is 6.10 Å². The van der Waals surface area contributed by atoms with Gasteiger partial charge in [0.25, 0.3) is 0 Å². The fourth-order valence-electron chi connectivity index (χ4n) is 4.43. The van der Waals surface area contributed by atoms with Gasteiger partial charge in [-0.2, -0.15) is 0 Å². The number of likely N-dealkylation sites (tertiary alicyclic amines) is 1. The van der Waals surface area contributed by atoms with Crippen molar-refractivity contribution in [1.82, 2.24) is 4.90 Å². The first-order chi connectivity index (χ1) is 11.2. The molecule has 4 nitrogen and oxygen atoms in total. The number of fused-ring (bicyclic) bond motifs is 3. The molecule has 1 aromatic carbocycles. The molecule has 3 aliphatic rings. The normalized spacial score (nSPS) is 29.5. The molecule has 0 aromatic heterocycles. The Hall–Kier alpha value is -1.62. The Bertz CT molecular complexity index is 614. The number of rotatable bonds is 3. The van der Waals surface area contributed by atoms with Gasteiger partial charge in [-0.15, -0.1) is 0 Å². The summed E-state index contributed by atoms with van der Waals surface area (Å²) < 4.78 is 19.8. The number of carbonyl (C=O) groups is 1. The van der Waals surface area contributed by atoms with E-state index in [1.807, 2.05) is 11.0 Å². The second-order valence-corrected chi connectivity index (χ2v) is 7.03. The number of hydrogen-bond donors (Lipinski definition) is 1. The first kappa shape index (κ1) is 14.9. The van der Waals surface area contributed by atoms with Crippen LogP contribution in [-0.2, 0) is 4.79 Å². The maximum Gasteiger partial charge on any atom is 0.223 e. The highest BCUT2D eigenvalue weighted by atomic mass is 19.1. The molecule has 1 aromatic rings. The summed E-state index contributed by atoms with van der Waals surface area (Å²) in [4.78, 5) is 14.6. The van der Waals surface area contributed by atoms with E-state index >= 15 is 0 Å². The van der Waals surface area contributed by atoms with E-state index in [-0.39, 0.29) is 36.3 Å². The quantitative estimate of drug-likeness (QED) is 0.932. The third kappa shape index (κ3) is 2.42. The zero-order valence-corrected chi connectivity index (χ0v) is 13.1. The highest BCUT2D eigenvalue weighted by molar-refractivity contribution is 5.78. The van der Waals surface area contributed by atoms with Crippen LogP contribution in [0.3, 0.4) is 0 Å². The van der Waals surface area contributed by atoms with E-state index in [2.05, 4.69) is 0 Å². The van der Waals surface area contributed by atoms with Gasteiger partial charge < -0.3 is 14.7 Å². The van der Waals surface area contributed by atoms with E-state index < -0.39 is 5.82 Å². The topological polar surface area (TPSA) is 49.8 Å². The Labute approximate surface area is 135 Å². The molecule has 3 atom stereocenters. The molecule has 2 aliphatic heterocycles. The second-order valence-electron chi connectivity index (χ2n) is 7.03. The molecule has 2 heterocycles. The summed E-state index contributed by atoms with van der Waals surface area (Å²) in [5, 5.41) is 9.63. The van der Waals surface area contributed by atoms with Crippen LogP contribution in [0.5, 0.6) is 5.75 Å². The maximum atomic E-state index is 14.0. The summed E-state index contributed by atoms with van der Waals surface area (Å²) in [6, 6.07) is 4.61. The van der Waals surface area contributed by atoms with E-state index in [4.69, 9.17) is 4.74 Å². The van der Waals surface area contributed by atoms with E-state index in [9.17, 15) is 14.3 Å². The van der Waals surface area contributed by atoms with Gasteiger partial charge >= 0.3 is 0 Å². The number of aliphatic hydroxyl groups excluding tert-OH is 1. The van der Waals surface area contributed by atoms with Crippen molar-refractivity contribution in [2.24, 2.45) is 11.8 Å². The van der Waals surface area contributed by atoms with E-state index in [1.54, 1.807) is 6.07 Å². The van der Waals surface area contributed by atoms with Crippen LogP contribution in [0.15, 0.2) is 18.2 Å². The minimum Gasteiger partial charge on any atom is -0.484 e. The van der Waals surface area contributed by atoms with Gasteiger partial charge in [0, 0.05) is 24.4 Å². The number of carbonyl (C=O) groups excluding carboxylic acids is 1. The van der Waals surface area contributed by atoms with E-state index in [0.29, 0.717) is 18.9 Å². The van der Waals surface area contributed by atoms with Gasteiger partial charge in [-0.25, -0.2) is 4.39 Å². The molecule has 124 valence electrons. The third-order valence-electron chi connectivity index (χ3n) is 5.61. The first-order valence-electron chi connectivity index (χ1n) is 8.54. The standard InChI is InChI=1S/C18H22FNO3/c19-14-7-3-6-13-16-17(23-18(13)14)12(10-21)9-20(16)15(22)8-11-4-1-2-5-11/h3,6-7,11-12,16-17,21H,1-2,4-5,8-10H2/t12-,16-,17-/m0/s1. The summed E-state index contributed by atoms with van der Waals surface area (Å²) in [5.74, 6) is 0.294. The minimum absolute atomic E-state index is 0.0516. The Balaban J connectivity index is 1.61. The molecular formula is C18H22FNO3. The summed E-state index contributed by atoms with van der Waals surface area (Å²) in [6.07, 6.45) is 4.89. The van der Waals surface area contributed by atoms with Gasteiger partial charge in [0.05, 0.1) is 12.6 Å². The fourth-order valence-corrected chi connectivity index (χ4v) is 4.43. The average molecular weight is 319 g/mol. The lowest BCUT2D eigenvalue weighted by Crippen LogP contribution is -2.33. The van der Waals surface area contributed by atoms with Crippen LogP contribution >= 0.6 is 0 Å². The molecule has 0 bridgehead atoms. The third-order valence-corrected chi connectivity index (χ3v) is 5.61. The van der Waals surface area contributed by atoms with Crippen LogP contribution in [0, 0.1) is 17.7 Å². The van der Waals surface area contributed by atoms with Crippen molar-refractivity contribution in [3.63, 3.8) is 0 Å². The van der Waals surface area contributed by atoms with Crippen LogP contribution < -0.4 is 4.74 Å². The number of nitrogens with zero attached hydrogens (tertiary/aromatic N) is 1. The predicted octanol–water partition coefficient (Wildman–Crippen LogP) is 2.66. The summed E-state index contributed by atoms with van der Waals surface area (Å²) in [5.41, 5.74) is 0.741. The minimum atomic E-state index is -0.392. The molecule has 0 spiro atoms. The van der Waals surface area contributed by atoms with E-state index in [0.717, 1.165) is 18.4 Å². The lowest BCUT2D eigenvalue weighted by Gasteiger charge is -2.24. The van der Waals surface area contributed by atoms with Gasteiger partial charge in [0.15, 0.2) is 11.6 Å². The predicted molar refractivity (Wildman–Crippen MR) is 82.4 cm³/mol. The highest BCUT2D eigenvalue weighted by Crippen LogP contribution is 2.48. The molecule has 2 fully saturated rings. The molecule has 1 N–H and O–H groups in total. The summed E-state index contributed by atoms with van der Waals surface area (Å²) >= 11 is 0. The van der Waals surface area contributed by atoms with Crippen molar-refractivity contribution < 1.29 is 19.0 Å². The molecule has 5 heteroatoms. The van der Waals surface area contributed by atoms with Crippen molar-refractivity contribution >= 4 is 5.91 Å². The highest BCUT2D eigenvalue weighted by Gasteiger charge is 2.51. The van der Waals surface area contributed by atoms with Crippen molar-refractivity contribution in [1.29, 1.82) is 0 Å². The molecule has 1 aliphatic carbocycles. The molecule has 4 rings (SSSR count). The number of benzene rings is 1. The van der Waals surface area contributed by atoms with E-state index in [1.165, 1.54) is 18.9 Å². The lowest BCUT2D eigenvalue weighted by molar-refractivity contribution is -0.133. The van der Waals surface area contributed by atoms with Crippen molar-refractivity contribution in [2.45, 2.75) is 44.2 Å². The van der Waals surface area contributed by atoms with Crippen LogP contribution in [-0.4, -0.2) is 35.2 Å². The molecule has 0 unspecified atom stereocenters. The van der Waals surface area contributed by atoms with Gasteiger partial charge in [0.2, 0.25) is 5.91 Å². The number of aliphatic hydroxyl groups is 1. The fraction of sp³-hybridized carbons (Fsp3) is 0.611. The summed E-state index contributed by atoms with van der Waals surface area (Å²) in [6.45, 7) is 0.442. The smallest absolute Gasteiger partial charge is 0.223 e. The maximum absolute atomic E-state index is 14.0. The largest absolute Gasteiger partial charge is 0.484 e. The van der Waals surface area contributed by atoms with Crippen LogP contribution in [0.4, 0.5) is 4.39 Å². The number of para-hydroxylation sites is 1. The Morgan fingerprint density at radius 3 is 2.87 bits per heavy atom. The zero-order valence-electron chi connectivity index (χ0n) is 13.1. The van der Waals surface area contributed by atoms with Gasteiger partial charge in [-0.3, -0.25) is 4.79 Å². The van der Waals surface area contributed by atoms with Gasteiger partial charge in [-0.1, -0.05) is 25.0 Å². The van der Waals surface area contributed by atoms with Crippen molar-refractivity contribution in [2.75, 3.05) is 13.2 Å². The second kappa shape index (κ2) is 5.78. The Kier molecular flexibility index (Phi) is 3.76.